The second-order valence-corrected chi connectivity index (χ2v) is 6.41. The molecule has 1 saturated heterocycles. The minimum Gasteiger partial charge on any atom is -0.379 e. The van der Waals surface area contributed by atoms with Crippen molar-refractivity contribution in [2.45, 2.75) is 6.54 Å². The summed E-state index contributed by atoms with van der Waals surface area (Å²) in [6.07, 6.45) is 0. The van der Waals surface area contributed by atoms with Gasteiger partial charge in [0, 0.05) is 18.1 Å². The molecule has 0 aromatic heterocycles. The maximum absolute atomic E-state index is 11.9. The van der Waals surface area contributed by atoms with Gasteiger partial charge < -0.3 is 4.74 Å². The zero-order chi connectivity index (χ0) is 12.3. The molecule has 0 amide bonds. The molecule has 1 aliphatic rings. The fourth-order valence-electron chi connectivity index (χ4n) is 1.67. The van der Waals surface area contributed by atoms with Crippen molar-refractivity contribution in [3.8, 4) is 0 Å². The summed E-state index contributed by atoms with van der Waals surface area (Å²) in [5.74, 6) is 0.0561. The van der Waals surface area contributed by atoms with E-state index in [1.54, 1.807) is 12.1 Å². The molecule has 0 aliphatic carbocycles. The van der Waals surface area contributed by atoms with Crippen molar-refractivity contribution in [2.75, 3.05) is 25.5 Å². The Labute approximate surface area is 106 Å². The predicted octanol–water partition coefficient (Wildman–Crippen LogP) is 1.50. The average molecular weight is 276 g/mol. The molecule has 1 fully saturated rings. The smallest absolute Gasteiger partial charge is 0.216 e. The van der Waals surface area contributed by atoms with Crippen LogP contribution in [-0.4, -0.2) is 38.2 Å². The molecule has 1 aliphatic heterocycles. The van der Waals surface area contributed by atoms with E-state index in [1.807, 2.05) is 12.1 Å². The van der Waals surface area contributed by atoms with E-state index in [1.165, 1.54) is 4.31 Å². The summed E-state index contributed by atoms with van der Waals surface area (Å²) in [6.45, 7) is 1.51. The second kappa shape index (κ2) is 5.35. The number of ether oxygens (including phenoxy) is 1. The van der Waals surface area contributed by atoms with Crippen LogP contribution in [0, 0.1) is 0 Å². The Morgan fingerprint density at radius 2 is 1.94 bits per heavy atom. The van der Waals surface area contributed by atoms with Crippen molar-refractivity contribution in [1.29, 1.82) is 0 Å². The number of sulfonamides is 1. The maximum atomic E-state index is 11.9. The molecular formula is C11H14ClNO3S. The molecule has 1 aromatic carbocycles. The van der Waals surface area contributed by atoms with E-state index in [0.717, 1.165) is 5.56 Å². The van der Waals surface area contributed by atoms with Gasteiger partial charge in [0.1, 0.15) is 0 Å². The van der Waals surface area contributed by atoms with Crippen LogP contribution in [0.15, 0.2) is 24.3 Å². The monoisotopic (exact) mass is 275 g/mol. The first-order chi connectivity index (χ1) is 8.08. The molecule has 0 unspecified atom stereocenters. The quantitative estimate of drug-likeness (QED) is 0.822. The molecule has 2 rings (SSSR count). The third kappa shape index (κ3) is 3.42. The fraction of sp³-hybridized carbons (Fsp3) is 0.455. The molecule has 0 saturated carbocycles. The van der Waals surface area contributed by atoms with Crippen molar-refractivity contribution in [3.63, 3.8) is 0 Å². The lowest BCUT2D eigenvalue weighted by atomic mass is 10.2. The third-order valence-electron chi connectivity index (χ3n) is 2.64. The van der Waals surface area contributed by atoms with Gasteiger partial charge in [-0.1, -0.05) is 23.7 Å². The summed E-state index contributed by atoms with van der Waals surface area (Å²) in [5.41, 5.74) is 0.930. The molecule has 6 heteroatoms. The predicted molar refractivity (Wildman–Crippen MR) is 66.5 cm³/mol. The van der Waals surface area contributed by atoms with Crippen LogP contribution in [0.5, 0.6) is 0 Å². The van der Waals surface area contributed by atoms with Gasteiger partial charge in [0.05, 0.1) is 19.0 Å². The minimum absolute atomic E-state index is 0.0561. The van der Waals surface area contributed by atoms with E-state index in [2.05, 4.69) is 0 Å². The van der Waals surface area contributed by atoms with Crippen LogP contribution in [-0.2, 0) is 21.3 Å². The molecule has 4 nitrogen and oxygen atoms in total. The topological polar surface area (TPSA) is 46.6 Å². The summed E-state index contributed by atoms with van der Waals surface area (Å²) in [7, 11) is -3.19. The lowest BCUT2D eigenvalue weighted by Gasteiger charge is -2.18. The molecular weight excluding hydrogens is 262 g/mol. The summed E-state index contributed by atoms with van der Waals surface area (Å²) in [5, 5.41) is 0.649. The van der Waals surface area contributed by atoms with Gasteiger partial charge in [-0.25, -0.2) is 8.42 Å². The van der Waals surface area contributed by atoms with Gasteiger partial charge in [0.15, 0.2) is 0 Å². The maximum Gasteiger partial charge on any atom is 0.216 e. The fourth-order valence-corrected chi connectivity index (χ4v) is 3.08. The molecule has 0 radical (unpaired) electrons. The van der Waals surface area contributed by atoms with Gasteiger partial charge in [0.25, 0.3) is 0 Å². The number of benzene rings is 1. The van der Waals surface area contributed by atoms with Gasteiger partial charge in [-0.15, -0.1) is 0 Å². The van der Waals surface area contributed by atoms with Crippen LogP contribution in [0.1, 0.15) is 5.56 Å². The number of nitrogens with zero attached hydrogens (tertiary/aromatic N) is 1. The Balaban J connectivity index is 2.13. The third-order valence-corrected chi connectivity index (χ3v) is 4.67. The van der Waals surface area contributed by atoms with Gasteiger partial charge in [-0.2, -0.15) is 4.31 Å². The van der Waals surface area contributed by atoms with E-state index >= 15 is 0 Å². The highest BCUT2D eigenvalue weighted by molar-refractivity contribution is 7.89. The minimum atomic E-state index is -3.19. The zero-order valence-corrected chi connectivity index (χ0v) is 10.9. The highest BCUT2D eigenvalue weighted by Crippen LogP contribution is 2.14. The molecule has 0 spiro atoms. The van der Waals surface area contributed by atoms with Crippen molar-refractivity contribution in [1.82, 2.24) is 4.31 Å². The Morgan fingerprint density at radius 1 is 1.24 bits per heavy atom. The normalized spacial score (nSPS) is 21.0. The first kappa shape index (κ1) is 12.8. The van der Waals surface area contributed by atoms with E-state index in [9.17, 15) is 8.42 Å². The first-order valence-electron chi connectivity index (χ1n) is 5.38. The van der Waals surface area contributed by atoms with Crippen molar-refractivity contribution in [3.05, 3.63) is 34.9 Å². The van der Waals surface area contributed by atoms with Gasteiger partial charge in [-0.05, 0) is 17.7 Å². The van der Waals surface area contributed by atoms with Crippen LogP contribution in [0.2, 0.25) is 5.02 Å². The van der Waals surface area contributed by atoms with Crippen LogP contribution < -0.4 is 0 Å². The lowest BCUT2D eigenvalue weighted by molar-refractivity contribution is 0.146. The van der Waals surface area contributed by atoms with E-state index in [0.29, 0.717) is 24.7 Å². The van der Waals surface area contributed by atoms with Crippen LogP contribution >= 0.6 is 11.6 Å². The molecule has 0 atom stereocenters. The lowest BCUT2D eigenvalue weighted by Crippen LogP contribution is -2.33. The van der Waals surface area contributed by atoms with Crippen LogP contribution in [0.25, 0.3) is 0 Å². The second-order valence-electron chi connectivity index (χ2n) is 3.89. The Hall–Kier alpha value is -0.620. The highest BCUT2D eigenvalue weighted by atomic mass is 35.5. The SMILES string of the molecule is O=S1(=O)CCOCCN1Cc1ccc(Cl)cc1. The largest absolute Gasteiger partial charge is 0.379 e. The molecule has 17 heavy (non-hydrogen) atoms. The number of hydrogen-bond donors (Lipinski definition) is 0. The molecule has 94 valence electrons. The summed E-state index contributed by atoms with van der Waals surface area (Å²) in [4.78, 5) is 0. The van der Waals surface area contributed by atoms with Gasteiger partial charge in [-0.3, -0.25) is 0 Å². The van der Waals surface area contributed by atoms with Gasteiger partial charge >= 0.3 is 0 Å². The number of rotatable bonds is 2. The summed E-state index contributed by atoms with van der Waals surface area (Å²) >= 11 is 5.78. The van der Waals surface area contributed by atoms with E-state index in [-0.39, 0.29) is 12.4 Å². The van der Waals surface area contributed by atoms with Crippen molar-refractivity contribution >= 4 is 21.6 Å². The molecule has 0 N–H and O–H groups in total. The average Bonchev–Trinajstić information content (AvgIpc) is 2.44. The highest BCUT2D eigenvalue weighted by Gasteiger charge is 2.24. The van der Waals surface area contributed by atoms with E-state index < -0.39 is 10.0 Å². The summed E-state index contributed by atoms with van der Waals surface area (Å²) < 4.78 is 30.4. The van der Waals surface area contributed by atoms with Crippen molar-refractivity contribution < 1.29 is 13.2 Å². The zero-order valence-electron chi connectivity index (χ0n) is 9.30. The summed E-state index contributed by atoms with van der Waals surface area (Å²) in [6, 6.07) is 7.20. The van der Waals surface area contributed by atoms with Crippen molar-refractivity contribution in [2.24, 2.45) is 0 Å². The molecule has 1 aromatic rings. The Kier molecular flexibility index (Phi) is 4.04. The molecule has 1 heterocycles. The standard InChI is InChI=1S/C11H14ClNO3S/c12-11-3-1-10(2-4-11)9-13-5-6-16-7-8-17(13,14)15/h1-4H,5-9H2. The molecule has 0 bridgehead atoms. The number of halogens is 1. The Bertz CT molecular complexity index is 472. The van der Waals surface area contributed by atoms with Crippen LogP contribution in [0.4, 0.5) is 0 Å². The first-order valence-corrected chi connectivity index (χ1v) is 7.37. The number of hydrogen-bond acceptors (Lipinski definition) is 3. The van der Waals surface area contributed by atoms with Crippen LogP contribution in [0.3, 0.4) is 0 Å². The Morgan fingerprint density at radius 3 is 2.65 bits per heavy atom. The van der Waals surface area contributed by atoms with Gasteiger partial charge in [0.2, 0.25) is 10.0 Å². The van der Waals surface area contributed by atoms with E-state index in [4.69, 9.17) is 16.3 Å².